The molecule has 2 rings (SSSR count). The number of rotatable bonds is 1. The third-order valence-electron chi connectivity index (χ3n) is 2.12. The Morgan fingerprint density at radius 3 is 2.69 bits per heavy atom. The van der Waals surface area contributed by atoms with E-state index in [-0.39, 0.29) is 0 Å². The number of nitrogens with zero attached hydrogens (tertiary/aromatic N) is 2. The van der Waals surface area contributed by atoms with Crippen molar-refractivity contribution >= 4 is 29.8 Å². The van der Waals surface area contributed by atoms with Crippen molar-refractivity contribution in [2.45, 2.75) is 0 Å². The second-order valence-corrected chi connectivity index (χ2v) is 3.11. The van der Waals surface area contributed by atoms with Crippen molar-refractivity contribution in [1.82, 2.24) is 0 Å². The van der Waals surface area contributed by atoms with Gasteiger partial charge >= 0.3 is 5.97 Å². The third-order valence-corrected chi connectivity index (χ3v) is 2.12. The normalized spacial score (nSPS) is 12.8. The number of carbonyl (C=O) groups excluding carboxylic acids is 1. The molecule has 0 N–H and O–H groups in total. The third kappa shape index (κ3) is 1.91. The number of hydrogen-bond acceptors (Lipinski definition) is 4. The van der Waals surface area contributed by atoms with Crippen LogP contribution < -0.4 is 0 Å². The van der Waals surface area contributed by atoms with Crippen molar-refractivity contribution in [3.8, 4) is 0 Å². The standard InChI is InChI=1S/C12H10N2O2/c1-16-12(15)9-5-4-6-10-11(9)14-8-3-2-7-13-10/h2-8H,1H3. The van der Waals surface area contributed by atoms with E-state index in [2.05, 4.69) is 9.98 Å². The molecule has 1 aromatic carbocycles. The molecular weight excluding hydrogens is 204 g/mol. The molecule has 16 heavy (non-hydrogen) atoms. The number of aliphatic imine (C=N–C) groups is 2. The second kappa shape index (κ2) is 4.53. The molecule has 0 fully saturated rings. The topological polar surface area (TPSA) is 51.0 Å². The van der Waals surface area contributed by atoms with Crippen molar-refractivity contribution < 1.29 is 9.53 Å². The van der Waals surface area contributed by atoms with Gasteiger partial charge in [-0.25, -0.2) is 4.79 Å². The lowest BCUT2D eigenvalue weighted by atomic mass is 10.1. The summed E-state index contributed by atoms with van der Waals surface area (Å²) in [6.45, 7) is 0. The molecule has 4 heteroatoms. The molecule has 0 saturated heterocycles. The summed E-state index contributed by atoms with van der Waals surface area (Å²) in [7, 11) is 1.34. The maximum absolute atomic E-state index is 11.5. The minimum atomic E-state index is -0.409. The zero-order chi connectivity index (χ0) is 11.4. The molecule has 0 aromatic heterocycles. The van der Waals surface area contributed by atoms with Crippen molar-refractivity contribution in [1.29, 1.82) is 0 Å². The van der Waals surface area contributed by atoms with Gasteiger partial charge in [0.25, 0.3) is 0 Å². The molecule has 1 aliphatic heterocycles. The van der Waals surface area contributed by atoms with Crippen LogP contribution in [-0.2, 0) is 4.74 Å². The molecule has 0 unspecified atom stereocenters. The Hall–Kier alpha value is -2.23. The maximum Gasteiger partial charge on any atom is 0.340 e. The lowest BCUT2D eigenvalue weighted by molar-refractivity contribution is 0.0602. The van der Waals surface area contributed by atoms with E-state index in [1.165, 1.54) is 7.11 Å². The van der Waals surface area contributed by atoms with Crippen LogP contribution in [0, 0.1) is 0 Å². The minimum absolute atomic E-state index is 0.409. The Morgan fingerprint density at radius 2 is 1.94 bits per heavy atom. The summed E-state index contributed by atoms with van der Waals surface area (Å²) >= 11 is 0. The average Bonchev–Trinajstić information content (AvgIpc) is 2.28. The summed E-state index contributed by atoms with van der Waals surface area (Å²) in [6, 6.07) is 5.22. The van der Waals surface area contributed by atoms with E-state index in [0.29, 0.717) is 16.9 Å². The van der Waals surface area contributed by atoms with Gasteiger partial charge in [0.1, 0.15) is 5.69 Å². The molecule has 0 saturated carbocycles. The van der Waals surface area contributed by atoms with Gasteiger partial charge in [-0.15, -0.1) is 0 Å². The van der Waals surface area contributed by atoms with E-state index < -0.39 is 5.97 Å². The van der Waals surface area contributed by atoms with Crippen LogP contribution in [0.3, 0.4) is 0 Å². The van der Waals surface area contributed by atoms with Gasteiger partial charge in [-0.05, 0) is 24.3 Å². The van der Waals surface area contributed by atoms with Gasteiger partial charge in [-0.2, -0.15) is 0 Å². The van der Waals surface area contributed by atoms with E-state index in [1.54, 1.807) is 42.8 Å². The van der Waals surface area contributed by atoms with Crippen molar-refractivity contribution in [2.24, 2.45) is 9.98 Å². The van der Waals surface area contributed by atoms with Gasteiger partial charge < -0.3 is 4.74 Å². The van der Waals surface area contributed by atoms with E-state index in [1.807, 2.05) is 0 Å². The summed E-state index contributed by atoms with van der Waals surface area (Å²) in [5.74, 6) is -0.409. The molecule has 0 radical (unpaired) electrons. The molecule has 0 aliphatic carbocycles. The van der Waals surface area contributed by atoms with Crippen LogP contribution in [0.4, 0.5) is 11.4 Å². The first-order chi connectivity index (χ1) is 7.83. The molecule has 0 bridgehead atoms. The Kier molecular flexibility index (Phi) is 2.91. The Labute approximate surface area is 93.0 Å². The van der Waals surface area contributed by atoms with Gasteiger partial charge in [0.15, 0.2) is 0 Å². The van der Waals surface area contributed by atoms with Crippen LogP contribution >= 0.6 is 0 Å². The maximum atomic E-state index is 11.5. The summed E-state index contributed by atoms with van der Waals surface area (Å²) in [5, 5.41) is 0. The monoisotopic (exact) mass is 214 g/mol. The van der Waals surface area contributed by atoms with Crippen LogP contribution in [0.2, 0.25) is 0 Å². The van der Waals surface area contributed by atoms with Crippen molar-refractivity contribution in [2.75, 3.05) is 7.11 Å². The lowest BCUT2D eigenvalue weighted by Gasteiger charge is -2.06. The number of benzene rings is 1. The fourth-order valence-electron chi connectivity index (χ4n) is 1.39. The molecule has 1 aliphatic rings. The largest absolute Gasteiger partial charge is 0.465 e. The quantitative estimate of drug-likeness (QED) is 0.674. The van der Waals surface area contributed by atoms with Crippen molar-refractivity contribution in [3.05, 3.63) is 35.9 Å². The molecule has 1 heterocycles. The number of allylic oxidation sites excluding steroid dienone is 2. The zero-order valence-corrected chi connectivity index (χ0v) is 8.75. The first kappa shape index (κ1) is 10.3. The van der Waals surface area contributed by atoms with Crippen LogP contribution in [0.5, 0.6) is 0 Å². The highest BCUT2D eigenvalue weighted by molar-refractivity contribution is 6.00. The lowest BCUT2D eigenvalue weighted by Crippen LogP contribution is -2.01. The highest BCUT2D eigenvalue weighted by Crippen LogP contribution is 2.32. The fourth-order valence-corrected chi connectivity index (χ4v) is 1.39. The molecule has 4 nitrogen and oxygen atoms in total. The van der Waals surface area contributed by atoms with E-state index in [0.717, 1.165) is 0 Å². The summed E-state index contributed by atoms with van der Waals surface area (Å²) in [6.07, 6.45) is 6.80. The molecule has 80 valence electrons. The summed E-state index contributed by atoms with van der Waals surface area (Å²) in [5.41, 5.74) is 1.61. The zero-order valence-electron chi connectivity index (χ0n) is 8.75. The van der Waals surface area contributed by atoms with E-state index >= 15 is 0 Å². The second-order valence-electron chi connectivity index (χ2n) is 3.11. The summed E-state index contributed by atoms with van der Waals surface area (Å²) < 4.78 is 4.69. The van der Waals surface area contributed by atoms with Crippen LogP contribution in [0.25, 0.3) is 0 Å². The number of ether oxygens (including phenoxy) is 1. The first-order valence-electron chi connectivity index (χ1n) is 4.77. The van der Waals surface area contributed by atoms with E-state index in [4.69, 9.17) is 4.74 Å². The molecular formula is C12H10N2O2. The number of methoxy groups -OCH3 is 1. The number of esters is 1. The smallest absolute Gasteiger partial charge is 0.340 e. The fraction of sp³-hybridized carbons (Fsp3) is 0.0833. The summed E-state index contributed by atoms with van der Waals surface area (Å²) in [4.78, 5) is 19.9. The van der Waals surface area contributed by atoms with Crippen molar-refractivity contribution in [3.63, 3.8) is 0 Å². The van der Waals surface area contributed by atoms with E-state index in [9.17, 15) is 4.79 Å². The van der Waals surface area contributed by atoms with Crippen LogP contribution in [0.1, 0.15) is 10.4 Å². The van der Waals surface area contributed by atoms with Gasteiger partial charge in [0.05, 0.1) is 18.4 Å². The van der Waals surface area contributed by atoms with Crippen LogP contribution in [0.15, 0.2) is 40.3 Å². The molecule has 0 atom stereocenters. The van der Waals surface area contributed by atoms with Gasteiger partial charge in [0, 0.05) is 12.4 Å². The number of hydrogen-bond donors (Lipinski definition) is 0. The van der Waals surface area contributed by atoms with Gasteiger partial charge in [0.2, 0.25) is 0 Å². The molecule has 0 amide bonds. The van der Waals surface area contributed by atoms with Gasteiger partial charge in [-0.3, -0.25) is 9.98 Å². The van der Waals surface area contributed by atoms with Gasteiger partial charge in [-0.1, -0.05) is 6.07 Å². The number of carbonyl (C=O) groups is 1. The predicted octanol–water partition coefficient (Wildman–Crippen LogP) is 2.45. The Balaban J connectivity index is 2.59. The highest BCUT2D eigenvalue weighted by Gasteiger charge is 2.14. The average molecular weight is 214 g/mol. The molecule has 1 aromatic rings. The predicted molar refractivity (Wildman–Crippen MR) is 63.2 cm³/mol. The molecule has 0 spiro atoms. The van der Waals surface area contributed by atoms with Crippen LogP contribution in [-0.4, -0.2) is 25.5 Å². The first-order valence-corrected chi connectivity index (χ1v) is 4.77. The minimum Gasteiger partial charge on any atom is -0.465 e. The number of fused-ring (bicyclic) bond motifs is 1. The number of para-hydroxylation sites is 1. The Bertz CT molecular complexity index is 502. The SMILES string of the molecule is COC(=O)c1cccc2c1N=CC=CC=N2. The Morgan fingerprint density at radius 1 is 1.19 bits per heavy atom. The highest BCUT2D eigenvalue weighted by atomic mass is 16.5.